The normalized spacial score (nSPS) is 23.4. The molecule has 5 heteroatoms. The quantitative estimate of drug-likeness (QED) is 0.862. The number of aromatic nitrogens is 1. The Morgan fingerprint density at radius 3 is 2.84 bits per heavy atom. The molecule has 1 aliphatic carbocycles. The molecule has 0 bridgehead atoms. The molecule has 2 atom stereocenters. The molecule has 0 saturated heterocycles. The van der Waals surface area contributed by atoms with Crippen molar-refractivity contribution in [1.82, 2.24) is 4.98 Å². The second-order valence-corrected chi connectivity index (χ2v) is 6.67. The van der Waals surface area contributed by atoms with Gasteiger partial charge in [0.25, 0.3) is 0 Å². The van der Waals surface area contributed by atoms with E-state index < -0.39 is 5.41 Å². The molecule has 19 heavy (non-hydrogen) atoms. The monoisotopic (exact) mass is 282 g/mol. The predicted octanol–water partition coefficient (Wildman–Crippen LogP) is 3.19. The molecule has 1 heterocycles. The molecule has 106 valence electrons. The van der Waals surface area contributed by atoms with E-state index in [1.165, 1.54) is 26.4 Å². The minimum absolute atomic E-state index is 0.251. The molecule has 1 aromatic heterocycles. The molecule has 0 radical (unpaired) electrons. The van der Waals surface area contributed by atoms with E-state index in [4.69, 9.17) is 4.74 Å². The minimum Gasteiger partial charge on any atom is -0.468 e. The van der Waals surface area contributed by atoms with E-state index >= 15 is 0 Å². The lowest BCUT2D eigenvalue weighted by atomic mass is 9.90. The number of ether oxygens (including phenoxy) is 1. The van der Waals surface area contributed by atoms with Gasteiger partial charge in [0.1, 0.15) is 5.41 Å². The van der Waals surface area contributed by atoms with Crippen molar-refractivity contribution in [2.24, 2.45) is 5.92 Å². The van der Waals surface area contributed by atoms with Crippen LogP contribution in [-0.2, 0) is 14.9 Å². The Morgan fingerprint density at radius 1 is 1.53 bits per heavy atom. The molecule has 1 aliphatic rings. The molecule has 1 aromatic rings. The van der Waals surface area contributed by atoms with Crippen LogP contribution < -0.4 is 5.32 Å². The molecule has 4 nitrogen and oxygen atoms in total. The molecule has 2 rings (SSSR count). The number of nitrogens with zero attached hydrogens (tertiary/aromatic N) is 1. The molecular weight excluding hydrogens is 260 g/mol. The summed E-state index contributed by atoms with van der Waals surface area (Å²) in [7, 11) is 1.41. The van der Waals surface area contributed by atoms with Crippen molar-refractivity contribution in [3.8, 4) is 0 Å². The van der Waals surface area contributed by atoms with Gasteiger partial charge in [0.2, 0.25) is 0 Å². The van der Waals surface area contributed by atoms with E-state index in [0.29, 0.717) is 12.0 Å². The number of hydrogen-bond donors (Lipinski definition) is 1. The predicted molar refractivity (Wildman–Crippen MR) is 77.6 cm³/mol. The first kappa shape index (κ1) is 14.3. The summed E-state index contributed by atoms with van der Waals surface area (Å²) in [4.78, 5) is 16.3. The molecule has 1 saturated carbocycles. The van der Waals surface area contributed by atoms with Gasteiger partial charge in [-0.3, -0.25) is 4.79 Å². The third-order valence-electron chi connectivity index (χ3n) is 4.01. The van der Waals surface area contributed by atoms with Gasteiger partial charge in [0, 0.05) is 11.4 Å². The number of carbonyl (C=O) groups is 1. The average Bonchev–Trinajstić information content (AvgIpc) is 2.99. The standard InChI is InChI=1S/C14H22N2O2S/c1-9-6-5-7-10(9)15-13-16-11(8-19-13)14(2,3)12(17)18-4/h8-10H,5-7H2,1-4H3,(H,15,16). The highest BCUT2D eigenvalue weighted by molar-refractivity contribution is 7.13. The van der Waals surface area contributed by atoms with Gasteiger partial charge >= 0.3 is 5.97 Å². The lowest BCUT2D eigenvalue weighted by Crippen LogP contribution is -2.30. The van der Waals surface area contributed by atoms with Gasteiger partial charge in [-0.25, -0.2) is 4.98 Å². The van der Waals surface area contributed by atoms with Crippen LogP contribution in [-0.4, -0.2) is 24.1 Å². The number of anilines is 1. The number of methoxy groups -OCH3 is 1. The lowest BCUT2D eigenvalue weighted by Gasteiger charge is -2.19. The van der Waals surface area contributed by atoms with E-state index in [2.05, 4.69) is 17.2 Å². The van der Waals surface area contributed by atoms with Crippen molar-refractivity contribution in [2.75, 3.05) is 12.4 Å². The van der Waals surface area contributed by atoms with Crippen LogP contribution in [0.5, 0.6) is 0 Å². The van der Waals surface area contributed by atoms with E-state index in [0.717, 1.165) is 10.8 Å². The van der Waals surface area contributed by atoms with Crippen LogP contribution in [0.2, 0.25) is 0 Å². The Labute approximate surface area is 118 Å². The minimum atomic E-state index is -0.688. The summed E-state index contributed by atoms with van der Waals surface area (Å²) in [6, 6.07) is 0.514. The van der Waals surface area contributed by atoms with Crippen LogP contribution in [0.1, 0.15) is 45.7 Å². The van der Waals surface area contributed by atoms with Crippen LogP contribution >= 0.6 is 11.3 Å². The zero-order valence-electron chi connectivity index (χ0n) is 12.0. The summed E-state index contributed by atoms with van der Waals surface area (Å²) < 4.78 is 4.83. The fourth-order valence-corrected chi connectivity index (χ4v) is 3.45. The van der Waals surface area contributed by atoms with E-state index in [1.54, 1.807) is 11.3 Å². The maximum atomic E-state index is 11.8. The van der Waals surface area contributed by atoms with Gasteiger partial charge in [-0.2, -0.15) is 0 Å². The third kappa shape index (κ3) is 2.91. The number of hydrogen-bond acceptors (Lipinski definition) is 5. The molecule has 2 unspecified atom stereocenters. The van der Waals surface area contributed by atoms with Crippen LogP contribution in [0.15, 0.2) is 5.38 Å². The van der Waals surface area contributed by atoms with Crippen molar-refractivity contribution in [2.45, 2.75) is 51.5 Å². The second kappa shape index (κ2) is 5.49. The maximum Gasteiger partial charge on any atom is 0.317 e. The lowest BCUT2D eigenvalue weighted by molar-refractivity contribution is -0.146. The van der Waals surface area contributed by atoms with Gasteiger partial charge in [0.15, 0.2) is 5.13 Å². The number of rotatable bonds is 4. The summed E-state index contributed by atoms with van der Waals surface area (Å²) in [6.07, 6.45) is 3.77. The van der Waals surface area contributed by atoms with Crippen molar-refractivity contribution in [3.63, 3.8) is 0 Å². The highest BCUT2D eigenvalue weighted by atomic mass is 32.1. The van der Waals surface area contributed by atoms with Crippen LogP contribution in [0.4, 0.5) is 5.13 Å². The first-order chi connectivity index (χ1) is 8.95. The largest absolute Gasteiger partial charge is 0.468 e. The summed E-state index contributed by atoms with van der Waals surface area (Å²) in [6.45, 7) is 5.96. The number of nitrogens with one attached hydrogen (secondary N) is 1. The highest BCUT2D eigenvalue weighted by Gasteiger charge is 2.34. The Morgan fingerprint density at radius 2 is 2.26 bits per heavy atom. The second-order valence-electron chi connectivity index (χ2n) is 5.81. The SMILES string of the molecule is COC(=O)C(C)(C)c1csc(NC2CCCC2C)n1. The van der Waals surface area contributed by atoms with Gasteiger partial charge in [0.05, 0.1) is 12.8 Å². The molecule has 1 fully saturated rings. The molecule has 1 N–H and O–H groups in total. The average molecular weight is 282 g/mol. The van der Waals surface area contributed by atoms with Crippen molar-refractivity contribution < 1.29 is 9.53 Å². The first-order valence-corrected chi connectivity index (χ1v) is 7.64. The van der Waals surface area contributed by atoms with Gasteiger partial charge < -0.3 is 10.1 Å². The summed E-state index contributed by atoms with van der Waals surface area (Å²) in [5, 5.41) is 6.35. The van der Waals surface area contributed by atoms with Crippen LogP contribution in [0.25, 0.3) is 0 Å². The van der Waals surface area contributed by atoms with Gasteiger partial charge in [-0.15, -0.1) is 11.3 Å². The maximum absolute atomic E-state index is 11.8. The number of carbonyl (C=O) groups excluding carboxylic acids is 1. The van der Waals surface area contributed by atoms with Crippen LogP contribution in [0, 0.1) is 5.92 Å². The molecule has 0 spiro atoms. The number of thiazole rings is 1. The van der Waals surface area contributed by atoms with Gasteiger partial charge in [-0.1, -0.05) is 13.3 Å². The molecule has 0 aliphatic heterocycles. The van der Waals surface area contributed by atoms with Crippen molar-refractivity contribution in [3.05, 3.63) is 11.1 Å². The van der Waals surface area contributed by atoms with E-state index in [9.17, 15) is 4.79 Å². The third-order valence-corrected chi connectivity index (χ3v) is 4.78. The van der Waals surface area contributed by atoms with E-state index in [1.807, 2.05) is 19.2 Å². The fraction of sp³-hybridized carbons (Fsp3) is 0.714. The Balaban J connectivity index is 2.08. The first-order valence-electron chi connectivity index (χ1n) is 6.76. The van der Waals surface area contributed by atoms with Crippen molar-refractivity contribution >= 4 is 22.4 Å². The molecular formula is C14H22N2O2S. The Bertz CT molecular complexity index is 456. The summed E-state index contributed by atoms with van der Waals surface area (Å²) in [5.41, 5.74) is 0.0874. The summed E-state index contributed by atoms with van der Waals surface area (Å²) >= 11 is 1.56. The smallest absolute Gasteiger partial charge is 0.317 e. The molecule has 0 amide bonds. The topological polar surface area (TPSA) is 51.2 Å². The number of esters is 1. The summed E-state index contributed by atoms with van der Waals surface area (Å²) in [5.74, 6) is 0.444. The van der Waals surface area contributed by atoms with Crippen molar-refractivity contribution in [1.29, 1.82) is 0 Å². The zero-order chi connectivity index (χ0) is 14.0. The Hall–Kier alpha value is -1.10. The molecule has 0 aromatic carbocycles. The van der Waals surface area contributed by atoms with Gasteiger partial charge in [-0.05, 0) is 32.6 Å². The zero-order valence-corrected chi connectivity index (χ0v) is 12.8. The van der Waals surface area contributed by atoms with Crippen LogP contribution in [0.3, 0.4) is 0 Å². The fourth-order valence-electron chi connectivity index (χ4n) is 2.51. The van der Waals surface area contributed by atoms with E-state index in [-0.39, 0.29) is 5.97 Å². The Kier molecular flexibility index (Phi) is 4.13. The highest BCUT2D eigenvalue weighted by Crippen LogP contribution is 2.32.